The summed E-state index contributed by atoms with van der Waals surface area (Å²) in [7, 11) is -3.85. The van der Waals surface area contributed by atoms with Crippen LogP contribution in [-0.2, 0) is 16.6 Å². The first-order chi connectivity index (χ1) is 8.49. The first-order valence-corrected chi connectivity index (χ1v) is 7.05. The molecule has 2 heterocycles. The molecule has 2 aromatic heterocycles. The van der Waals surface area contributed by atoms with E-state index >= 15 is 0 Å². The van der Waals surface area contributed by atoms with Crippen molar-refractivity contribution in [2.45, 2.75) is 11.6 Å². The molecule has 96 valence electrons. The molecule has 0 bridgehead atoms. The van der Waals surface area contributed by atoms with Crippen molar-refractivity contribution >= 4 is 27.3 Å². The molecule has 7 nitrogen and oxygen atoms in total. The molecule has 0 radical (unpaired) electrons. The highest BCUT2D eigenvalue weighted by atomic mass is 32.2. The maximum Gasteiger partial charge on any atom is 0.371 e. The van der Waals surface area contributed by atoms with Crippen LogP contribution in [-0.4, -0.2) is 24.5 Å². The van der Waals surface area contributed by atoms with E-state index in [2.05, 4.69) is 9.71 Å². The Hall–Kier alpha value is -1.71. The number of nitrogens with zero attached hydrogens (tertiary/aromatic N) is 1. The highest BCUT2D eigenvalue weighted by molar-refractivity contribution is 7.89. The van der Waals surface area contributed by atoms with E-state index in [4.69, 9.17) is 9.52 Å². The number of carboxylic acids is 1. The number of hydrogen-bond acceptors (Lipinski definition) is 6. The van der Waals surface area contributed by atoms with Gasteiger partial charge in [0.1, 0.15) is 0 Å². The predicted molar refractivity (Wildman–Crippen MR) is 61.8 cm³/mol. The Kier molecular flexibility index (Phi) is 3.45. The third-order valence-electron chi connectivity index (χ3n) is 1.98. The molecule has 2 aromatic rings. The second-order valence-electron chi connectivity index (χ2n) is 3.22. The van der Waals surface area contributed by atoms with Gasteiger partial charge in [-0.15, -0.1) is 11.3 Å². The quantitative estimate of drug-likeness (QED) is 0.846. The van der Waals surface area contributed by atoms with Gasteiger partial charge in [0.2, 0.25) is 10.9 Å². The van der Waals surface area contributed by atoms with Gasteiger partial charge in [-0.05, 0) is 12.1 Å². The van der Waals surface area contributed by atoms with Gasteiger partial charge in [-0.3, -0.25) is 4.98 Å². The van der Waals surface area contributed by atoms with Crippen LogP contribution in [0.4, 0.5) is 0 Å². The van der Waals surface area contributed by atoms with Crippen LogP contribution in [0.1, 0.15) is 15.4 Å². The number of sulfonamides is 1. The maximum absolute atomic E-state index is 11.7. The molecule has 0 saturated heterocycles. The van der Waals surface area contributed by atoms with Gasteiger partial charge in [-0.1, -0.05) is 0 Å². The standard InChI is InChI=1S/C9H8N2O5S2/c12-9(13)7-1-2-8(16-7)18(14,15)11-4-6-3-10-5-17-6/h1-3,5,11H,4H2,(H,12,13). The second kappa shape index (κ2) is 4.88. The predicted octanol–water partition coefficient (Wildman–Crippen LogP) is 0.913. The van der Waals surface area contributed by atoms with Crippen LogP contribution < -0.4 is 4.72 Å². The van der Waals surface area contributed by atoms with Crippen LogP contribution in [0.2, 0.25) is 0 Å². The number of furan rings is 1. The van der Waals surface area contributed by atoms with Crippen LogP contribution in [0.5, 0.6) is 0 Å². The lowest BCUT2D eigenvalue weighted by molar-refractivity contribution is 0.0656. The molecular formula is C9H8N2O5S2. The first kappa shape index (κ1) is 12.7. The van der Waals surface area contributed by atoms with Crippen molar-refractivity contribution in [2.24, 2.45) is 0 Å². The van der Waals surface area contributed by atoms with E-state index < -0.39 is 26.8 Å². The molecule has 0 aliphatic rings. The molecule has 0 aromatic carbocycles. The Balaban J connectivity index is 2.12. The molecule has 2 rings (SSSR count). The fourth-order valence-electron chi connectivity index (χ4n) is 1.15. The van der Waals surface area contributed by atoms with E-state index in [0.717, 1.165) is 17.0 Å². The molecule has 2 N–H and O–H groups in total. The number of aromatic nitrogens is 1. The minimum absolute atomic E-state index is 0.0795. The number of carbonyl (C=O) groups is 1. The summed E-state index contributed by atoms with van der Waals surface area (Å²) < 4.78 is 30.5. The van der Waals surface area contributed by atoms with Crippen molar-refractivity contribution < 1.29 is 22.7 Å². The molecule has 0 amide bonds. The molecule has 0 fully saturated rings. The third kappa shape index (κ3) is 2.75. The molecule has 0 atom stereocenters. The summed E-state index contributed by atoms with van der Waals surface area (Å²) in [4.78, 5) is 15.1. The van der Waals surface area contributed by atoms with Gasteiger partial charge in [-0.2, -0.15) is 0 Å². The summed E-state index contributed by atoms with van der Waals surface area (Å²) in [6.07, 6.45) is 1.54. The zero-order valence-corrected chi connectivity index (χ0v) is 10.5. The maximum atomic E-state index is 11.7. The summed E-state index contributed by atoms with van der Waals surface area (Å²) in [5, 5.41) is 8.20. The number of hydrogen-bond donors (Lipinski definition) is 2. The number of rotatable bonds is 5. The van der Waals surface area contributed by atoms with E-state index in [1.54, 1.807) is 5.51 Å². The number of nitrogens with one attached hydrogen (secondary N) is 1. The Morgan fingerprint density at radius 1 is 1.50 bits per heavy atom. The van der Waals surface area contributed by atoms with Crippen LogP contribution in [0.3, 0.4) is 0 Å². The topological polar surface area (TPSA) is 110 Å². The van der Waals surface area contributed by atoms with Crippen molar-refractivity contribution in [3.05, 3.63) is 34.5 Å². The average Bonchev–Trinajstić information content (AvgIpc) is 2.98. The van der Waals surface area contributed by atoms with E-state index in [0.29, 0.717) is 0 Å². The van der Waals surface area contributed by atoms with Gasteiger partial charge in [0, 0.05) is 17.6 Å². The summed E-state index contributed by atoms with van der Waals surface area (Å²) in [6.45, 7) is 0.0795. The van der Waals surface area contributed by atoms with Gasteiger partial charge in [0.05, 0.1) is 5.51 Å². The van der Waals surface area contributed by atoms with Crippen molar-refractivity contribution in [3.8, 4) is 0 Å². The number of thiazole rings is 1. The van der Waals surface area contributed by atoms with Crippen molar-refractivity contribution in [1.29, 1.82) is 0 Å². The molecule has 18 heavy (non-hydrogen) atoms. The lowest BCUT2D eigenvalue weighted by Gasteiger charge is -2.01. The Morgan fingerprint density at radius 2 is 2.28 bits per heavy atom. The first-order valence-electron chi connectivity index (χ1n) is 4.69. The molecule has 0 unspecified atom stereocenters. The second-order valence-corrected chi connectivity index (χ2v) is 5.88. The zero-order chi connectivity index (χ0) is 13.2. The van der Waals surface area contributed by atoms with E-state index in [-0.39, 0.29) is 6.54 Å². The van der Waals surface area contributed by atoms with Crippen molar-refractivity contribution in [1.82, 2.24) is 9.71 Å². The van der Waals surface area contributed by atoms with Gasteiger partial charge >= 0.3 is 5.97 Å². The molecule has 0 spiro atoms. The summed E-state index contributed by atoms with van der Waals surface area (Å²) in [6, 6.07) is 2.18. The lowest BCUT2D eigenvalue weighted by Crippen LogP contribution is -2.22. The summed E-state index contributed by atoms with van der Waals surface area (Å²) in [5.74, 6) is -1.74. The van der Waals surface area contributed by atoms with E-state index in [9.17, 15) is 13.2 Å². The SMILES string of the molecule is O=C(O)c1ccc(S(=O)(=O)NCc2cncs2)o1. The van der Waals surface area contributed by atoms with Crippen LogP contribution in [0, 0.1) is 0 Å². The van der Waals surface area contributed by atoms with Crippen LogP contribution in [0.15, 0.2) is 33.3 Å². The number of carboxylic acid groups (broad SMARTS) is 1. The van der Waals surface area contributed by atoms with Crippen LogP contribution in [0.25, 0.3) is 0 Å². The fourth-order valence-corrected chi connectivity index (χ4v) is 2.71. The summed E-state index contributed by atoms with van der Waals surface area (Å²) >= 11 is 1.31. The molecular weight excluding hydrogens is 280 g/mol. The Bertz CT molecular complexity index is 644. The Morgan fingerprint density at radius 3 is 2.83 bits per heavy atom. The van der Waals surface area contributed by atoms with Gasteiger partial charge < -0.3 is 9.52 Å². The molecule has 0 saturated carbocycles. The van der Waals surface area contributed by atoms with Gasteiger partial charge in [0.25, 0.3) is 10.0 Å². The largest absolute Gasteiger partial charge is 0.475 e. The van der Waals surface area contributed by atoms with Crippen LogP contribution >= 0.6 is 11.3 Å². The lowest BCUT2D eigenvalue weighted by atomic mass is 10.5. The minimum Gasteiger partial charge on any atom is -0.475 e. The van der Waals surface area contributed by atoms with Crippen molar-refractivity contribution in [2.75, 3.05) is 0 Å². The highest BCUT2D eigenvalue weighted by Gasteiger charge is 2.20. The van der Waals surface area contributed by atoms with Gasteiger partial charge in [-0.25, -0.2) is 17.9 Å². The fraction of sp³-hybridized carbons (Fsp3) is 0.111. The highest BCUT2D eigenvalue weighted by Crippen LogP contribution is 2.14. The number of aromatic carboxylic acids is 1. The average molecular weight is 288 g/mol. The Labute approximate surface area is 106 Å². The van der Waals surface area contributed by atoms with E-state index in [1.165, 1.54) is 17.5 Å². The smallest absolute Gasteiger partial charge is 0.371 e. The minimum atomic E-state index is -3.85. The zero-order valence-electron chi connectivity index (χ0n) is 8.86. The normalized spacial score (nSPS) is 11.6. The third-order valence-corrected chi connectivity index (χ3v) is 4.03. The van der Waals surface area contributed by atoms with Gasteiger partial charge in [0.15, 0.2) is 0 Å². The summed E-state index contributed by atoms with van der Waals surface area (Å²) in [5.41, 5.74) is 1.58. The molecule has 0 aliphatic heterocycles. The van der Waals surface area contributed by atoms with Crippen molar-refractivity contribution in [3.63, 3.8) is 0 Å². The van der Waals surface area contributed by atoms with E-state index in [1.807, 2.05) is 0 Å². The molecule has 9 heteroatoms. The molecule has 0 aliphatic carbocycles. The monoisotopic (exact) mass is 288 g/mol.